The van der Waals surface area contributed by atoms with Gasteiger partial charge in [-0.1, -0.05) is 29.8 Å². The Balaban J connectivity index is 1.92. The van der Waals surface area contributed by atoms with Gasteiger partial charge in [0.1, 0.15) is 0 Å². The molecule has 1 aromatic carbocycles. The number of carbonyl (C=O) groups excluding carboxylic acids is 1. The molecule has 2 aromatic rings. The molecule has 1 aliphatic heterocycles. The van der Waals surface area contributed by atoms with Gasteiger partial charge in [-0.2, -0.15) is 4.68 Å². The summed E-state index contributed by atoms with van der Waals surface area (Å²) in [5.74, 6) is -0.694. The summed E-state index contributed by atoms with van der Waals surface area (Å²) in [6.07, 6.45) is 2.49. The minimum atomic E-state index is -0.664. The summed E-state index contributed by atoms with van der Waals surface area (Å²) < 4.78 is 1.27. The van der Waals surface area contributed by atoms with Crippen LogP contribution >= 0.6 is 11.6 Å². The van der Waals surface area contributed by atoms with Gasteiger partial charge in [0.15, 0.2) is 11.1 Å². The number of benzene rings is 1. The highest BCUT2D eigenvalue weighted by atomic mass is 35.5. The number of para-hydroxylation sites is 1. The topological polar surface area (TPSA) is 90.1 Å². The van der Waals surface area contributed by atoms with E-state index in [0.29, 0.717) is 12.8 Å². The summed E-state index contributed by atoms with van der Waals surface area (Å²) >= 11 is 5.78. The quantitative estimate of drug-likeness (QED) is 0.682. The van der Waals surface area contributed by atoms with E-state index in [1.807, 2.05) is 24.3 Å². The van der Waals surface area contributed by atoms with Crippen LogP contribution in [0.4, 0.5) is 11.5 Å². The molecule has 3 rings (SSSR count). The van der Waals surface area contributed by atoms with Gasteiger partial charge in [-0.15, -0.1) is 0 Å². The molecule has 1 atom stereocenters. The highest BCUT2D eigenvalue weighted by Crippen LogP contribution is 2.29. The molecule has 0 radical (unpaired) electrons. The molecule has 0 saturated carbocycles. The van der Waals surface area contributed by atoms with Crippen LogP contribution in [0, 0.1) is 10.1 Å². The second-order valence-corrected chi connectivity index (χ2v) is 5.15. The second kappa shape index (κ2) is 5.17. The van der Waals surface area contributed by atoms with Crippen molar-refractivity contribution >= 4 is 29.0 Å². The minimum absolute atomic E-state index is 0.0745. The molecule has 1 N–H and O–H groups in total. The lowest BCUT2D eigenvalue weighted by Crippen LogP contribution is -2.25. The number of fused-ring (bicyclic) bond motifs is 1. The predicted octanol–water partition coefficient (Wildman–Crippen LogP) is 2.57. The fourth-order valence-corrected chi connectivity index (χ4v) is 2.60. The van der Waals surface area contributed by atoms with Crippen molar-refractivity contribution < 1.29 is 9.72 Å². The van der Waals surface area contributed by atoms with Gasteiger partial charge in [0, 0.05) is 5.69 Å². The van der Waals surface area contributed by atoms with Gasteiger partial charge in [0.2, 0.25) is 0 Å². The van der Waals surface area contributed by atoms with Crippen molar-refractivity contribution in [1.29, 1.82) is 0 Å². The SMILES string of the molecule is O=C1Nc2ccccc2CCC1n1cc(Cl)c([N+](=O)[O-])n1. The Kier molecular flexibility index (Phi) is 3.34. The number of nitrogens with zero attached hydrogens (tertiary/aromatic N) is 3. The van der Waals surface area contributed by atoms with Crippen molar-refractivity contribution in [3.05, 3.63) is 51.2 Å². The Labute approximate surface area is 124 Å². The second-order valence-electron chi connectivity index (χ2n) is 4.74. The molecule has 2 heterocycles. The van der Waals surface area contributed by atoms with Crippen LogP contribution in [0.1, 0.15) is 18.0 Å². The van der Waals surface area contributed by atoms with Crippen LogP contribution in [-0.2, 0) is 11.2 Å². The Morgan fingerprint density at radius 2 is 2.19 bits per heavy atom. The van der Waals surface area contributed by atoms with Crippen LogP contribution < -0.4 is 5.32 Å². The maximum absolute atomic E-state index is 12.3. The molecule has 108 valence electrons. The lowest BCUT2D eigenvalue weighted by atomic mass is 10.1. The van der Waals surface area contributed by atoms with Crippen molar-refractivity contribution in [2.75, 3.05) is 5.32 Å². The third-order valence-corrected chi connectivity index (χ3v) is 3.69. The number of amides is 1. The monoisotopic (exact) mass is 306 g/mol. The highest BCUT2D eigenvalue weighted by molar-refractivity contribution is 6.32. The standard InChI is InChI=1S/C13H11ClN4O3/c14-9-7-17(16-12(9)18(20)21)11-6-5-8-3-1-2-4-10(8)15-13(11)19/h1-4,7,11H,5-6H2,(H,15,19). The fourth-order valence-electron chi connectivity index (χ4n) is 2.40. The van der Waals surface area contributed by atoms with Crippen LogP contribution in [0.15, 0.2) is 30.5 Å². The van der Waals surface area contributed by atoms with Gasteiger partial charge in [0.05, 0.1) is 11.3 Å². The third-order valence-electron chi connectivity index (χ3n) is 3.43. The smallest absolute Gasteiger partial charge is 0.358 e. The van der Waals surface area contributed by atoms with Gasteiger partial charge < -0.3 is 15.4 Å². The largest absolute Gasteiger partial charge is 0.408 e. The number of aryl methyl sites for hydroxylation is 1. The Hall–Kier alpha value is -2.41. The Bertz CT molecular complexity index is 728. The Morgan fingerprint density at radius 3 is 2.90 bits per heavy atom. The summed E-state index contributed by atoms with van der Waals surface area (Å²) in [5, 5.41) is 17.3. The van der Waals surface area contributed by atoms with Crippen LogP contribution in [0.2, 0.25) is 5.02 Å². The maximum Gasteiger partial charge on any atom is 0.408 e. The molecule has 1 unspecified atom stereocenters. The molecule has 1 aromatic heterocycles. The molecule has 21 heavy (non-hydrogen) atoms. The molecule has 0 aliphatic carbocycles. The molecule has 7 nitrogen and oxygen atoms in total. The first kappa shape index (κ1) is 13.6. The first-order valence-electron chi connectivity index (χ1n) is 6.34. The van der Waals surface area contributed by atoms with Gasteiger partial charge in [-0.05, 0) is 29.4 Å². The van der Waals surface area contributed by atoms with Crippen LogP contribution in [0.3, 0.4) is 0 Å². The summed E-state index contributed by atoms with van der Waals surface area (Å²) in [4.78, 5) is 22.4. The number of nitrogens with one attached hydrogen (secondary N) is 1. The highest BCUT2D eigenvalue weighted by Gasteiger charge is 2.30. The van der Waals surface area contributed by atoms with Crippen LogP contribution in [0.25, 0.3) is 0 Å². The first-order valence-corrected chi connectivity index (χ1v) is 6.72. The lowest BCUT2D eigenvalue weighted by molar-refractivity contribution is -0.389. The van der Waals surface area contributed by atoms with E-state index in [2.05, 4.69) is 10.4 Å². The van der Waals surface area contributed by atoms with Crippen molar-refractivity contribution in [3.8, 4) is 0 Å². The van der Waals surface area contributed by atoms with E-state index < -0.39 is 16.8 Å². The van der Waals surface area contributed by atoms with E-state index >= 15 is 0 Å². The van der Waals surface area contributed by atoms with Crippen molar-refractivity contribution in [2.24, 2.45) is 0 Å². The molecular weight excluding hydrogens is 296 g/mol. The van der Waals surface area contributed by atoms with Gasteiger partial charge in [-0.3, -0.25) is 4.79 Å². The number of anilines is 1. The zero-order valence-corrected chi connectivity index (χ0v) is 11.6. The zero-order valence-electron chi connectivity index (χ0n) is 10.8. The molecule has 8 heteroatoms. The number of hydrogen-bond donors (Lipinski definition) is 1. The van der Waals surface area contributed by atoms with Gasteiger partial charge in [-0.25, -0.2) is 0 Å². The van der Waals surface area contributed by atoms with E-state index in [1.165, 1.54) is 10.9 Å². The number of nitro groups is 1. The molecule has 0 spiro atoms. The van der Waals surface area contributed by atoms with E-state index in [1.54, 1.807) is 0 Å². The molecule has 0 fully saturated rings. The molecule has 0 saturated heterocycles. The normalized spacial score (nSPS) is 17.8. The average Bonchev–Trinajstić information content (AvgIpc) is 2.74. The minimum Gasteiger partial charge on any atom is -0.358 e. The van der Waals surface area contributed by atoms with Crippen LogP contribution in [0.5, 0.6) is 0 Å². The van der Waals surface area contributed by atoms with Crippen LogP contribution in [-0.4, -0.2) is 20.6 Å². The lowest BCUT2D eigenvalue weighted by Gasteiger charge is -2.10. The molecule has 1 amide bonds. The van der Waals surface area contributed by atoms with E-state index in [0.717, 1.165) is 11.3 Å². The van der Waals surface area contributed by atoms with Gasteiger partial charge in [0.25, 0.3) is 5.91 Å². The number of aromatic nitrogens is 2. The summed E-state index contributed by atoms with van der Waals surface area (Å²) in [6.45, 7) is 0. The predicted molar refractivity (Wildman–Crippen MR) is 76.3 cm³/mol. The average molecular weight is 307 g/mol. The van der Waals surface area contributed by atoms with E-state index in [-0.39, 0.29) is 10.9 Å². The Morgan fingerprint density at radius 1 is 1.43 bits per heavy atom. The number of rotatable bonds is 2. The molecule has 0 bridgehead atoms. The number of halogens is 1. The van der Waals surface area contributed by atoms with E-state index in [4.69, 9.17) is 11.6 Å². The fraction of sp³-hybridized carbons (Fsp3) is 0.231. The first-order chi connectivity index (χ1) is 10.1. The zero-order chi connectivity index (χ0) is 15.0. The third kappa shape index (κ3) is 2.47. The molecular formula is C13H11ClN4O3. The van der Waals surface area contributed by atoms with Crippen molar-refractivity contribution in [3.63, 3.8) is 0 Å². The van der Waals surface area contributed by atoms with Gasteiger partial charge >= 0.3 is 5.82 Å². The molecule has 1 aliphatic rings. The number of carbonyl (C=O) groups is 1. The summed E-state index contributed by atoms with van der Waals surface area (Å²) in [5.41, 5.74) is 1.79. The van der Waals surface area contributed by atoms with Crippen molar-refractivity contribution in [2.45, 2.75) is 18.9 Å². The summed E-state index contributed by atoms with van der Waals surface area (Å²) in [6, 6.07) is 6.89. The van der Waals surface area contributed by atoms with E-state index in [9.17, 15) is 14.9 Å². The summed E-state index contributed by atoms with van der Waals surface area (Å²) in [7, 11) is 0. The number of hydrogen-bond acceptors (Lipinski definition) is 4. The maximum atomic E-state index is 12.3. The van der Waals surface area contributed by atoms with Crippen molar-refractivity contribution in [1.82, 2.24) is 9.78 Å².